The monoisotopic (exact) mass is 410 g/mol. The molecule has 0 radical (unpaired) electrons. The molecule has 0 unspecified atom stereocenters. The number of aromatic nitrogens is 1. The lowest BCUT2D eigenvalue weighted by atomic mass is 9.86. The molecule has 1 aromatic carbocycles. The number of carbonyl (C=O) groups is 1. The van der Waals surface area contributed by atoms with Crippen LogP contribution in [0.15, 0.2) is 36.5 Å². The number of hydrogen-bond donors (Lipinski definition) is 1. The molecule has 0 aliphatic heterocycles. The van der Waals surface area contributed by atoms with Gasteiger partial charge in [0.2, 0.25) is 0 Å². The zero-order valence-corrected chi connectivity index (χ0v) is 17.1. The lowest BCUT2D eigenvalue weighted by molar-refractivity contribution is -0.153. The van der Waals surface area contributed by atoms with Crippen molar-refractivity contribution in [3.8, 4) is 11.5 Å². The highest BCUT2D eigenvalue weighted by Gasteiger charge is 2.28. The Labute approximate surface area is 168 Å². The van der Waals surface area contributed by atoms with Gasteiger partial charge in [-0.2, -0.15) is 13.2 Å². The number of amides is 1. The SMILES string of the molecule is COc1cc(C(C)(C)C)ccc1C(=O)N[C@@H](C)c1ccc(OCC(F)(F)F)cn1. The summed E-state index contributed by atoms with van der Waals surface area (Å²) >= 11 is 0. The predicted octanol–water partition coefficient (Wildman–Crippen LogP) is 4.82. The summed E-state index contributed by atoms with van der Waals surface area (Å²) in [5, 5.41) is 2.82. The van der Waals surface area contributed by atoms with Crippen LogP contribution in [0, 0.1) is 0 Å². The molecule has 0 bridgehead atoms. The number of halogens is 3. The van der Waals surface area contributed by atoms with Gasteiger partial charge in [0.1, 0.15) is 11.5 Å². The van der Waals surface area contributed by atoms with Gasteiger partial charge in [0.25, 0.3) is 5.91 Å². The van der Waals surface area contributed by atoms with E-state index in [1.807, 2.05) is 12.1 Å². The van der Waals surface area contributed by atoms with Crippen molar-refractivity contribution in [1.29, 1.82) is 0 Å². The van der Waals surface area contributed by atoms with E-state index in [-0.39, 0.29) is 17.1 Å². The molecule has 1 amide bonds. The first kappa shape index (κ1) is 22.5. The van der Waals surface area contributed by atoms with E-state index in [9.17, 15) is 18.0 Å². The van der Waals surface area contributed by atoms with Gasteiger partial charge in [-0.3, -0.25) is 9.78 Å². The zero-order valence-electron chi connectivity index (χ0n) is 17.1. The van der Waals surface area contributed by atoms with Gasteiger partial charge in [0.15, 0.2) is 6.61 Å². The van der Waals surface area contributed by atoms with Crippen molar-refractivity contribution < 1.29 is 27.4 Å². The van der Waals surface area contributed by atoms with Gasteiger partial charge in [0, 0.05) is 0 Å². The van der Waals surface area contributed by atoms with Crippen LogP contribution in [0.3, 0.4) is 0 Å². The lowest BCUT2D eigenvalue weighted by Gasteiger charge is -2.21. The minimum absolute atomic E-state index is 0.00374. The van der Waals surface area contributed by atoms with E-state index in [2.05, 4.69) is 35.8 Å². The van der Waals surface area contributed by atoms with Crippen LogP contribution in [0.2, 0.25) is 0 Å². The van der Waals surface area contributed by atoms with Gasteiger partial charge in [0.05, 0.1) is 30.6 Å². The third kappa shape index (κ3) is 6.37. The molecular weight excluding hydrogens is 385 g/mol. The Kier molecular flexibility index (Phi) is 6.77. The van der Waals surface area contributed by atoms with Crippen LogP contribution in [0.25, 0.3) is 0 Å². The quantitative estimate of drug-likeness (QED) is 0.742. The van der Waals surface area contributed by atoms with E-state index in [1.165, 1.54) is 25.4 Å². The molecule has 29 heavy (non-hydrogen) atoms. The summed E-state index contributed by atoms with van der Waals surface area (Å²) in [6.45, 7) is 6.54. The standard InChI is InChI=1S/C21H25F3N2O3/c1-13(17-9-7-15(11-25-17)29-12-21(22,23)24)26-19(27)16-8-6-14(20(2,3)4)10-18(16)28-5/h6-11,13H,12H2,1-5H3,(H,26,27)/t13-/m0/s1. The molecule has 1 aromatic heterocycles. The number of hydrogen-bond acceptors (Lipinski definition) is 4. The number of rotatable bonds is 6. The molecule has 1 atom stereocenters. The maximum Gasteiger partial charge on any atom is 0.422 e. The van der Waals surface area contributed by atoms with Crippen LogP contribution in [0.4, 0.5) is 13.2 Å². The fraction of sp³-hybridized carbons (Fsp3) is 0.429. The van der Waals surface area contributed by atoms with Crippen LogP contribution >= 0.6 is 0 Å². The van der Waals surface area contributed by atoms with Crippen molar-refractivity contribution in [2.75, 3.05) is 13.7 Å². The third-order valence-corrected chi connectivity index (χ3v) is 4.27. The minimum Gasteiger partial charge on any atom is -0.496 e. The fourth-order valence-electron chi connectivity index (χ4n) is 2.59. The molecule has 1 heterocycles. The second-order valence-electron chi connectivity index (χ2n) is 7.68. The second kappa shape index (κ2) is 8.71. The summed E-state index contributed by atoms with van der Waals surface area (Å²) in [6.07, 6.45) is -3.22. The van der Waals surface area contributed by atoms with Gasteiger partial charge >= 0.3 is 6.18 Å². The molecule has 2 aromatic rings. The van der Waals surface area contributed by atoms with E-state index in [1.54, 1.807) is 13.0 Å². The Bertz CT molecular complexity index is 844. The average Bonchev–Trinajstić information content (AvgIpc) is 2.64. The van der Waals surface area contributed by atoms with Crippen molar-refractivity contribution in [1.82, 2.24) is 10.3 Å². The molecule has 0 saturated heterocycles. The van der Waals surface area contributed by atoms with Gasteiger partial charge in [-0.1, -0.05) is 26.8 Å². The van der Waals surface area contributed by atoms with Crippen molar-refractivity contribution >= 4 is 5.91 Å². The summed E-state index contributed by atoms with van der Waals surface area (Å²) in [5.41, 5.74) is 1.82. The summed E-state index contributed by atoms with van der Waals surface area (Å²) in [6, 6.07) is 7.86. The summed E-state index contributed by atoms with van der Waals surface area (Å²) in [4.78, 5) is 16.8. The first-order valence-corrected chi connectivity index (χ1v) is 9.05. The largest absolute Gasteiger partial charge is 0.496 e. The van der Waals surface area contributed by atoms with E-state index in [0.29, 0.717) is 17.0 Å². The second-order valence-corrected chi connectivity index (χ2v) is 7.68. The number of pyridine rings is 1. The predicted molar refractivity (Wildman–Crippen MR) is 103 cm³/mol. The molecule has 158 valence electrons. The number of carbonyl (C=O) groups excluding carboxylic acids is 1. The smallest absolute Gasteiger partial charge is 0.422 e. The number of nitrogens with zero attached hydrogens (tertiary/aromatic N) is 1. The molecule has 0 aliphatic carbocycles. The highest BCUT2D eigenvalue weighted by Crippen LogP contribution is 2.29. The van der Waals surface area contributed by atoms with Crippen LogP contribution in [-0.2, 0) is 5.41 Å². The third-order valence-electron chi connectivity index (χ3n) is 4.27. The lowest BCUT2D eigenvalue weighted by Crippen LogP contribution is -2.28. The summed E-state index contributed by atoms with van der Waals surface area (Å²) in [7, 11) is 1.50. The molecule has 0 spiro atoms. The highest BCUT2D eigenvalue weighted by molar-refractivity contribution is 5.97. The molecule has 2 rings (SSSR count). The van der Waals surface area contributed by atoms with E-state index >= 15 is 0 Å². The Morgan fingerprint density at radius 1 is 1.17 bits per heavy atom. The van der Waals surface area contributed by atoms with Crippen molar-refractivity contribution in [2.45, 2.75) is 45.3 Å². The van der Waals surface area contributed by atoms with Crippen molar-refractivity contribution in [2.24, 2.45) is 0 Å². The first-order valence-electron chi connectivity index (χ1n) is 9.05. The molecular formula is C21H25F3N2O3. The summed E-state index contributed by atoms with van der Waals surface area (Å²) in [5.74, 6) is 0.129. The van der Waals surface area contributed by atoms with E-state index in [4.69, 9.17) is 4.74 Å². The first-order chi connectivity index (χ1) is 13.4. The highest BCUT2D eigenvalue weighted by atomic mass is 19.4. The number of methoxy groups -OCH3 is 1. The Balaban J connectivity index is 2.08. The van der Waals surface area contributed by atoms with Crippen LogP contribution in [-0.4, -0.2) is 30.8 Å². The molecule has 0 fully saturated rings. The van der Waals surface area contributed by atoms with Crippen LogP contribution in [0.1, 0.15) is 55.4 Å². The van der Waals surface area contributed by atoms with Crippen molar-refractivity contribution in [3.63, 3.8) is 0 Å². The average molecular weight is 410 g/mol. The summed E-state index contributed by atoms with van der Waals surface area (Å²) < 4.78 is 46.6. The van der Waals surface area contributed by atoms with Gasteiger partial charge < -0.3 is 14.8 Å². The zero-order chi connectivity index (χ0) is 21.8. The molecule has 1 N–H and O–H groups in total. The van der Waals surface area contributed by atoms with Crippen LogP contribution < -0.4 is 14.8 Å². The van der Waals surface area contributed by atoms with Crippen molar-refractivity contribution in [3.05, 3.63) is 53.3 Å². The topological polar surface area (TPSA) is 60.5 Å². The molecule has 8 heteroatoms. The number of nitrogens with one attached hydrogen (secondary N) is 1. The number of benzene rings is 1. The normalized spacial score (nSPS) is 13.0. The maximum atomic E-state index is 12.7. The van der Waals surface area contributed by atoms with Gasteiger partial charge in [-0.25, -0.2) is 0 Å². The maximum absolute atomic E-state index is 12.7. The molecule has 0 saturated carbocycles. The molecule has 5 nitrogen and oxygen atoms in total. The van der Waals surface area contributed by atoms with Crippen LogP contribution in [0.5, 0.6) is 11.5 Å². The van der Waals surface area contributed by atoms with Gasteiger partial charge in [-0.15, -0.1) is 0 Å². The minimum atomic E-state index is -4.42. The number of ether oxygens (including phenoxy) is 2. The fourth-order valence-corrected chi connectivity index (χ4v) is 2.59. The Morgan fingerprint density at radius 2 is 1.86 bits per heavy atom. The Hall–Kier alpha value is -2.77. The Morgan fingerprint density at radius 3 is 2.38 bits per heavy atom. The van der Waals surface area contributed by atoms with E-state index in [0.717, 1.165) is 5.56 Å². The van der Waals surface area contributed by atoms with E-state index < -0.39 is 18.8 Å². The molecule has 0 aliphatic rings. The number of alkyl halides is 3. The van der Waals surface area contributed by atoms with Gasteiger partial charge in [-0.05, 0) is 42.2 Å².